The van der Waals surface area contributed by atoms with Crippen LogP contribution in [0.2, 0.25) is 0 Å². The molecule has 0 bridgehead atoms. The molecule has 9 heteroatoms. The van der Waals surface area contributed by atoms with E-state index in [9.17, 15) is 14.4 Å². The number of carbonyl (C=O) groups excluding carboxylic acids is 3. The first-order chi connectivity index (χ1) is 15.3. The van der Waals surface area contributed by atoms with Gasteiger partial charge in [-0.3, -0.25) is 19.7 Å². The molecule has 0 aliphatic carbocycles. The molecule has 4 atom stereocenters. The Balaban J connectivity index is 1.46. The van der Waals surface area contributed by atoms with Crippen LogP contribution in [0.15, 0.2) is 42.5 Å². The Labute approximate surface area is 186 Å². The van der Waals surface area contributed by atoms with Crippen LogP contribution in [-0.2, 0) is 14.4 Å². The maximum absolute atomic E-state index is 13.0. The topological polar surface area (TPSA) is 121 Å². The van der Waals surface area contributed by atoms with Crippen molar-refractivity contribution in [3.05, 3.63) is 53.6 Å². The lowest BCUT2D eigenvalue weighted by molar-refractivity contribution is -0.144. The largest absolute Gasteiger partial charge is 0.497 e. The highest BCUT2D eigenvalue weighted by Gasteiger charge is 2.48. The van der Waals surface area contributed by atoms with Crippen LogP contribution in [0.3, 0.4) is 0 Å². The molecule has 0 aromatic heterocycles. The second-order valence-electron chi connectivity index (χ2n) is 8.15. The zero-order valence-corrected chi connectivity index (χ0v) is 18.2. The van der Waals surface area contributed by atoms with Crippen LogP contribution in [0.1, 0.15) is 17.5 Å². The predicted molar refractivity (Wildman–Crippen MR) is 120 cm³/mol. The molecule has 2 heterocycles. The van der Waals surface area contributed by atoms with E-state index in [0.29, 0.717) is 11.4 Å². The summed E-state index contributed by atoms with van der Waals surface area (Å²) < 4.78 is 5.15. The molecule has 32 heavy (non-hydrogen) atoms. The van der Waals surface area contributed by atoms with Crippen molar-refractivity contribution in [1.29, 1.82) is 0 Å². The van der Waals surface area contributed by atoms with E-state index in [4.69, 9.17) is 4.74 Å². The van der Waals surface area contributed by atoms with Gasteiger partial charge in [0.15, 0.2) is 6.29 Å². The minimum absolute atomic E-state index is 0.0521. The third-order valence-corrected chi connectivity index (χ3v) is 5.96. The molecule has 2 aromatic rings. The SMILES string of the molecule is COc1ccc(NC2NC(=O)C3C(NC(=O)CC3C(=O)Nc3ccc(C)c(C)c3)N2)cc1. The van der Waals surface area contributed by atoms with Crippen LogP contribution < -0.4 is 31.3 Å². The lowest BCUT2D eigenvalue weighted by Gasteiger charge is -2.43. The number of rotatable bonds is 5. The average molecular weight is 438 g/mol. The Morgan fingerprint density at radius 3 is 2.41 bits per heavy atom. The summed E-state index contributed by atoms with van der Waals surface area (Å²) in [6.07, 6.45) is -1.33. The van der Waals surface area contributed by atoms with Crippen molar-refractivity contribution >= 4 is 29.1 Å². The normalized spacial score (nSPS) is 24.6. The van der Waals surface area contributed by atoms with E-state index in [2.05, 4.69) is 26.6 Å². The van der Waals surface area contributed by atoms with Crippen LogP contribution in [-0.4, -0.2) is 37.3 Å². The van der Waals surface area contributed by atoms with E-state index in [1.807, 2.05) is 44.2 Å². The Morgan fingerprint density at radius 1 is 1.00 bits per heavy atom. The van der Waals surface area contributed by atoms with Gasteiger partial charge in [-0.25, -0.2) is 0 Å². The maximum atomic E-state index is 13.0. The first-order valence-corrected chi connectivity index (χ1v) is 10.5. The molecule has 4 rings (SSSR count). The second-order valence-corrected chi connectivity index (χ2v) is 8.15. The van der Waals surface area contributed by atoms with Gasteiger partial charge in [0.25, 0.3) is 0 Å². The van der Waals surface area contributed by atoms with E-state index in [-0.39, 0.29) is 24.1 Å². The first-order valence-electron chi connectivity index (χ1n) is 10.5. The highest BCUT2D eigenvalue weighted by Crippen LogP contribution is 2.28. The highest BCUT2D eigenvalue weighted by molar-refractivity contribution is 6.00. The van der Waals surface area contributed by atoms with Gasteiger partial charge in [-0.15, -0.1) is 0 Å². The van der Waals surface area contributed by atoms with Crippen LogP contribution in [0.25, 0.3) is 0 Å². The summed E-state index contributed by atoms with van der Waals surface area (Å²) in [7, 11) is 1.59. The monoisotopic (exact) mass is 437 g/mol. The highest BCUT2D eigenvalue weighted by atomic mass is 16.5. The molecular weight excluding hydrogens is 410 g/mol. The van der Waals surface area contributed by atoms with E-state index in [1.54, 1.807) is 19.2 Å². The zero-order chi connectivity index (χ0) is 22.8. The number of nitrogens with one attached hydrogen (secondary N) is 5. The minimum atomic E-state index is -0.787. The number of amides is 3. The van der Waals surface area contributed by atoms with Gasteiger partial charge < -0.3 is 26.0 Å². The molecule has 2 aliphatic rings. The standard InChI is InChI=1S/C23H27N5O4/c1-12-4-5-15(10-13(12)2)24-21(30)17-11-18(29)26-20-19(17)22(31)28-23(27-20)25-14-6-8-16(32-3)9-7-14/h4-10,17,19-20,23,25,27H,11H2,1-3H3,(H,24,30)(H,26,29)(H,28,31). The second kappa shape index (κ2) is 8.88. The van der Waals surface area contributed by atoms with Gasteiger partial charge in [0, 0.05) is 17.8 Å². The van der Waals surface area contributed by atoms with Crippen molar-refractivity contribution < 1.29 is 19.1 Å². The van der Waals surface area contributed by atoms with Gasteiger partial charge in [-0.05, 0) is 61.4 Å². The van der Waals surface area contributed by atoms with Crippen molar-refractivity contribution in [2.75, 3.05) is 17.7 Å². The summed E-state index contributed by atoms with van der Waals surface area (Å²) in [5, 5.41) is 14.8. The summed E-state index contributed by atoms with van der Waals surface area (Å²) >= 11 is 0. The summed E-state index contributed by atoms with van der Waals surface area (Å²) in [4.78, 5) is 38.3. The van der Waals surface area contributed by atoms with Gasteiger partial charge in [-0.1, -0.05) is 6.07 Å². The molecule has 5 N–H and O–H groups in total. The molecule has 2 saturated heterocycles. The number of aryl methyl sites for hydroxylation is 2. The molecule has 9 nitrogen and oxygen atoms in total. The van der Waals surface area contributed by atoms with Crippen LogP contribution in [0.4, 0.5) is 11.4 Å². The van der Waals surface area contributed by atoms with Crippen LogP contribution in [0, 0.1) is 25.7 Å². The molecule has 2 fully saturated rings. The molecule has 0 radical (unpaired) electrons. The summed E-state index contributed by atoms with van der Waals surface area (Å²) in [5.74, 6) is -1.74. The summed E-state index contributed by atoms with van der Waals surface area (Å²) in [6.45, 7) is 3.95. The maximum Gasteiger partial charge on any atom is 0.229 e. The number of benzene rings is 2. The number of carbonyl (C=O) groups is 3. The number of methoxy groups -OCH3 is 1. The van der Waals surface area contributed by atoms with Gasteiger partial charge >= 0.3 is 0 Å². The molecule has 168 valence electrons. The fourth-order valence-electron chi connectivity index (χ4n) is 4.06. The number of anilines is 2. The number of hydrogen-bond acceptors (Lipinski definition) is 6. The van der Waals surface area contributed by atoms with Crippen molar-refractivity contribution in [3.63, 3.8) is 0 Å². The average Bonchev–Trinajstić information content (AvgIpc) is 2.76. The van der Waals surface area contributed by atoms with Crippen LogP contribution in [0.5, 0.6) is 5.75 Å². The van der Waals surface area contributed by atoms with E-state index < -0.39 is 24.3 Å². The first kappa shape index (κ1) is 21.6. The number of hydrogen-bond donors (Lipinski definition) is 5. The Morgan fingerprint density at radius 2 is 1.72 bits per heavy atom. The van der Waals surface area contributed by atoms with E-state index in [1.165, 1.54) is 0 Å². The van der Waals surface area contributed by atoms with Crippen molar-refractivity contribution in [3.8, 4) is 5.75 Å². The Bertz CT molecular complexity index is 1040. The molecule has 0 spiro atoms. The summed E-state index contributed by atoms with van der Waals surface area (Å²) in [6, 6.07) is 12.8. The predicted octanol–water partition coefficient (Wildman–Crippen LogP) is 1.44. The molecule has 3 amide bonds. The number of fused-ring (bicyclic) bond motifs is 1. The van der Waals surface area contributed by atoms with Gasteiger partial charge in [0.2, 0.25) is 17.7 Å². The molecule has 2 aromatic carbocycles. The minimum Gasteiger partial charge on any atom is -0.497 e. The lowest BCUT2D eigenvalue weighted by Crippen LogP contribution is -2.72. The van der Waals surface area contributed by atoms with Gasteiger partial charge in [0.1, 0.15) is 5.75 Å². The van der Waals surface area contributed by atoms with Crippen molar-refractivity contribution in [2.24, 2.45) is 11.8 Å². The van der Waals surface area contributed by atoms with E-state index >= 15 is 0 Å². The zero-order valence-electron chi connectivity index (χ0n) is 18.2. The molecule has 2 aliphatic heterocycles. The fourth-order valence-corrected chi connectivity index (χ4v) is 4.06. The van der Waals surface area contributed by atoms with Crippen LogP contribution >= 0.6 is 0 Å². The third kappa shape index (κ3) is 4.52. The fraction of sp³-hybridized carbons (Fsp3) is 0.348. The van der Waals surface area contributed by atoms with E-state index in [0.717, 1.165) is 16.8 Å². The Kier molecular flexibility index (Phi) is 6.00. The summed E-state index contributed by atoms with van der Waals surface area (Å²) in [5.41, 5.74) is 3.56. The quantitative estimate of drug-likeness (QED) is 0.483. The molecule has 0 saturated carbocycles. The number of piperidine rings is 1. The van der Waals surface area contributed by atoms with Gasteiger partial charge in [-0.2, -0.15) is 0 Å². The third-order valence-electron chi connectivity index (χ3n) is 5.96. The van der Waals surface area contributed by atoms with Crippen molar-refractivity contribution in [1.82, 2.24) is 16.0 Å². The molecule has 4 unspecified atom stereocenters. The Hall–Kier alpha value is -3.59. The van der Waals surface area contributed by atoms with Crippen molar-refractivity contribution in [2.45, 2.75) is 32.7 Å². The number of ether oxygens (including phenoxy) is 1. The lowest BCUT2D eigenvalue weighted by atomic mass is 9.81. The smallest absolute Gasteiger partial charge is 0.229 e. The molecular formula is C23H27N5O4. The van der Waals surface area contributed by atoms with Gasteiger partial charge in [0.05, 0.1) is 25.1 Å².